The van der Waals surface area contributed by atoms with E-state index in [1.165, 1.54) is 9.21 Å². The minimum absolute atomic E-state index is 0.0430. The van der Waals surface area contributed by atoms with Crippen LogP contribution in [0.15, 0.2) is 47.4 Å². The van der Waals surface area contributed by atoms with Crippen molar-refractivity contribution in [3.05, 3.63) is 42.5 Å². The molecule has 3 N–H and O–H groups in total. The summed E-state index contributed by atoms with van der Waals surface area (Å²) >= 11 is 0. The molecule has 0 aliphatic carbocycles. The Balaban J connectivity index is 1.55. The van der Waals surface area contributed by atoms with Gasteiger partial charge in [-0.2, -0.15) is 4.31 Å². The third kappa shape index (κ3) is 3.68. The van der Waals surface area contributed by atoms with E-state index in [1.54, 1.807) is 24.3 Å². The number of benzene rings is 2. The summed E-state index contributed by atoms with van der Waals surface area (Å²) < 4.78 is 28.1. The first kappa shape index (κ1) is 20.8. The minimum atomic E-state index is -3.81. The first-order valence-corrected chi connectivity index (χ1v) is 11.7. The quantitative estimate of drug-likeness (QED) is 0.654. The lowest BCUT2D eigenvalue weighted by Gasteiger charge is -2.44. The summed E-state index contributed by atoms with van der Waals surface area (Å²) in [5, 5.41) is 4.25. The van der Waals surface area contributed by atoms with Crippen LogP contribution in [0.4, 0.5) is 0 Å². The highest BCUT2D eigenvalue weighted by atomic mass is 32.2. The molecule has 2 aromatic rings. The average Bonchev–Trinajstić information content (AvgIpc) is 2.76. The van der Waals surface area contributed by atoms with Gasteiger partial charge in [0.25, 0.3) is 0 Å². The van der Waals surface area contributed by atoms with Gasteiger partial charge in [-0.25, -0.2) is 8.42 Å². The van der Waals surface area contributed by atoms with Gasteiger partial charge >= 0.3 is 0 Å². The highest BCUT2D eigenvalue weighted by Gasteiger charge is 2.45. The smallest absolute Gasteiger partial charge is 0.245 e. The zero-order valence-corrected chi connectivity index (χ0v) is 17.5. The Morgan fingerprint density at radius 1 is 1.03 bits per heavy atom. The molecule has 0 aromatic heterocycles. The molecule has 2 atom stereocenters. The number of amides is 2. The number of piperazine rings is 2. The van der Waals surface area contributed by atoms with E-state index in [0.717, 1.165) is 18.2 Å². The van der Waals surface area contributed by atoms with E-state index < -0.39 is 22.1 Å². The van der Waals surface area contributed by atoms with Crippen molar-refractivity contribution in [3.8, 4) is 0 Å². The van der Waals surface area contributed by atoms with E-state index in [4.69, 9.17) is 5.73 Å². The van der Waals surface area contributed by atoms with E-state index in [0.29, 0.717) is 18.4 Å². The molecule has 2 aliphatic heterocycles. The Bertz CT molecular complexity index is 1070. The normalized spacial score (nSPS) is 22.8. The fraction of sp³-hybridized carbons (Fsp3) is 0.429. The maximum Gasteiger partial charge on any atom is 0.245 e. The van der Waals surface area contributed by atoms with Crippen molar-refractivity contribution in [2.24, 2.45) is 5.73 Å². The van der Waals surface area contributed by atoms with Crippen molar-refractivity contribution < 1.29 is 18.0 Å². The predicted molar refractivity (Wildman–Crippen MR) is 113 cm³/mol. The van der Waals surface area contributed by atoms with Crippen LogP contribution in [0.25, 0.3) is 10.8 Å². The number of nitrogens with one attached hydrogen (secondary N) is 1. The lowest BCUT2D eigenvalue weighted by atomic mass is 10.0. The number of carbonyl (C=O) groups excluding carboxylic acids is 2. The van der Waals surface area contributed by atoms with Gasteiger partial charge in [-0.15, -0.1) is 0 Å². The van der Waals surface area contributed by atoms with Gasteiger partial charge < -0.3 is 16.0 Å². The first-order valence-electron chi connectivity index (χ1n) is 10.2. The molecule has 0 radical (unpaired) electrons. The van der Waals surface area contributed by atoms with Gasteiger partial charge in [-0.1, -0.05) is 36.4 Å². The summed E-state index contributed by atoms with van der Waals surface area (Å²) in [6, 6.07) is 11.1. The number of hydrogen-bond donors (Lipinski definition) is 2. The van der Waals surface area contributed by atoms with Crippen molar-refractivity contribution in [2.75, 3.05) is 26.2 Å². The largest absolute Gasteiger partial charge is 0.342 e. The van der Waals surface area contributed by atoms with Gasteiger partial charge in [0.1, 0.15) is 12.1 Å². The highest BCUT2D eigenvalue weighted by molar-refractivity contribution is 7.89. The van der Waals surface area contributed by atoms with Crippen LogP contribution in [-0.2, 0) is 19.6 Å². The van der Waals surface area contributed by atoms with E-state index in [9.17, 15) is 18.0 Å². The number of nitrogens with zero attached hydrogens (tertiary/aromatic N) is 2. The summed E-state index contributed by atoms with van der Waals surface area (Å²) in [5.41, 5.74) is 5.51. The molecule has 9 heteroatoms. The zero-order chi connectivity index (χ0) is 21.3. The molecule has 4 rings (SSSR count). The average molecular weight is 431 g/mol. The Morgan fingerprint density at radius 3 is 2.60 bits per heavy atom. The molecular weight excluding hydrogens is 404 g/mol. The van der Waals surface area contributed by atoms with Gasteiger partial charge in [0.15, 0.2) is 0 Å². The first-order chi connectivity index (χ1) is 14.4. The van der Waals surface area contributed by atoms with Crippen LogP contribution in [0, 0.1) is 0 Å². The molecule has 2 heterocycles. The van der Waals surface area contributed by atoms with Gasteiger partial charge in [0.05, 0.1) is 4.90 Å². The number of fused-ring (bicyclic) bond motifs is 2. The van der Waals surface area contributed by atoms with Crippen molar-refractivity contribution >= 4 is 32.6 Å². The fourth-order valence-electron chi connectivity index (χ4n) is 4.24. The van der Waals surface area contributed by atoms with E-state index in [2.05, 4.69) is 5.32 Å². The lowest BCUT2D eigenvalue weighted by Crippen LogP contribution is -2.69. The monoisotopic (exact) mass is 430 g/mol. The topological polar surface area (TPSA) is 113 Å². The SMILES string of the molecule is NCCCC[C@@H]1NC(=O)[C@H]2CN(S(=O)(=O)c3cccc4ccccc34)CCN2C1=O. The number of nitrogens with two attached hydrogens (primary N) is 1. The number of unbranched alkanes of at least 4 members (excludes halogenated alkanes) is 1. The molecular formula is C21H26N4O4S. The highest BCUT2D eigenvalue weighted by Crippen LogP contribution is 2.28. The van der Waals surface area contributed by atoms with Crippen LogP contribution in [0.5, 0.6) is 0 Å². The maximum atomic E-state index is 13.4. The number of rotatable bonds is 6. The van der Waals surface area contributed by atoms with E-state index in [-0.39, 0.29) is 36.3 Å². The Labute approximate surface area is 176 Å². The van der Waals surface area contributed by atoms with Crippen LogP contribution in [-0.4, -0.2) is 67.7 Å². The van der Waals surface area contributed by atoms with Gasteiger partial charge in [-0.3, -0.25) is 9.59 Å². The van der Waals surface area contributed by atoms with E-state index >= 15 is 0 Å². The molecule has 160 valence electrons. The minimum Gasteiger partial charge on any atom is -0.342 e. The van der Waals surface area contributed by atoms with E-state index in [1.807, 2.05) is 18.2 Å². The van der Waals surface area contributed by atoms with Gasteiger partial charge in [0, 0.05) is 25.0 Å². The van der Waals surface area contributed by atoms with Gasteiger partial charge in [0.2, 0.25) is 21.8 Å². The second-order valence-corrected chi connectivity index (χ2v) is 9.64. The third-order valence-corrected chi connectivity index (χ3v) is 7.78. The second-order valence-electron chi connectivity index (χ2n) is 7.73. The molecule has 2 saturated heterocycles. The molecule has 2 amide bonds. The summed E-state index contributed by atoms with van der Waals surface area (Å²) in [7, 11) is -3.81. The second kappa shape index (κ2) is 8.33. The molecule has 2 aromatic carbocycles. The number of hydrogen-bond acceptors (Lipinski definition) is 5. The fourth-order valence-corrected chi connectivity index (χ4v) is 5.89. The summed E-state index contributed by atoms with van der Waals surface area (Å²) in [5.74, 6) is -0.441. The molecule has 0 spiro atoms. The van der Waals surface area contributed by atoms with Crippen LogP contribution < -0.4 is 11.1 Å². The zero-order valence-electron chi connectivity index (χ0n) is 16.7. The summed E-state index contributed by atoms with van der Waals surface area (Å²) in [6.45, 7) is 0.867. The summed E-state index contributed by atoms with van der Waals surface area (Å²) in [6.07, 6.45) is 2.09. The van der Waals surface area contributed by atoms with Gasteiger partial charge in [-0.05, 0) is 37.3 Å². The molecule has 0 bridgehead atoms. The predicted octanol–water partition coefficient (Wildman–Crippen LogP) is 0.669. The van der Waals surface area contributed by atoms with Crippen molar-refractivity contribution in [2.45, 2.75) is 36.2 Å². The number of carbonyl (C=O) groups is 2. The molecule has 0 saturated carbocycles. The van der Waals surface area contributed by atoms with Crippen molar-refractivity contribution in [1.29, 1.82) is 0 Å². The third-order valence-electron chi connectivity index (χ3n) is 5.86. The Hall–Kier alpha value is -2.49. The summed E-state index contributed by atoms with van der Waals surface area (Å²) in [4.78, 5) is 27.2. The molecule has 30 heavy (non-hydrogen) atoms. The lowest BCUT2D eigenvalue weighted by molar-refractivity contribution is -0.151. The van der Waals surface area contributed by atoms with Crippen LogP contribution >= 0.6 is 0 Å². The molecule has 8 nitrogen and oxygen atoms in total. The maximum absolute atomic E-state index is 13.4. The number of sulfonamides is 1. The van der Waals surface area contributed by atoms with Crippen molar-refractivity contribution in [1.82, 2.24) is 14.5 Å². The molecule has 2 fully saturated rings. The van der Waals surface area contributed by atoms with Crippen LogP contribution in [0.2, 0.25) is 0 Å². The van der Waals surface area contributed by atoms with Crippen LogP contribution in [0.3, 0.4) is 0 Å². The Kier molecular flexibility index (Phi) is 5.77. The standard InChI is InChI=1S/C21H26N4O4S/c22-11-4-3-9-17-21(27)25-13-12-24(14-18(25)20(26)23-17)30(28,29)19-10-5-7-15-6-1-2-8-16(15)19/h1-2,5-8,10,17-18H,3-4,9,11-14,22H2,(H,23,26)/t17-,18+/m0/s1. The Morgan fingerprint density at radius 2 is 1.80 bits per heavy atom. The van der Waals surface area contributed by atoms with Crippen molar-refractivity contribution in [3.63, 3.8) is 0 Å². The molecule has 2 aliphatic rings. The van der Waals surface area contributed by atoms with Crippen LogP contribution in [0.1, 0.15) is 19.3 Å². The molecule has 0 unspecified atom stereocenters.